The van der Waals surface area contributed by atoms with E-state index >= 15 is 0 Å². The lowest BCUT2D eigenvalue weighted by molar-refractivity contribution is -0.114. The quantitative estimate of drug-likeness (QED) is 0.231. The number of carbonyl (C=O) groups is 2. The number of benzene rings is 4. The van der Waals surface area contributed by atoms with Crippen molar-refractivity contribution in [2.75, 3.05) is 14.8 Å². The molecule has 12 heteroatoms. The Bertz CT molecular complexity index is 1890. The maximum absolute atomic E-state index is 13.3. The fourth-order valence-electron chi connectivity index (χ4n) is 4.23. The summed E-state index contributed by atoms with van der Waals surface area (Å²) in [5, 5.41) is 12.2. The molecule has 0 heterocycles. The summed E-state index contributed by atoms with van der Waals surface area (Å²) >= 11 is 0. The molecule has 0 spiro atoms. The van der Waals surface area contributed by atoms with Crippen molar-refractivity contribution in [2.45, 2.75) is 16.7 Å². The molecule has 1 aliphatic rings. The molecule has 4 aromatic rings. The number of fused-ring (bicyclic) bond motifs is 3. The van der Waals surface area contributed by atoms with Gasteiger partial charge in [0.25, 0.3) is 20.0 Å². The molecule has 1 amide bonds. The van der Waals surface area contributed by atoms with E-state index in [1.165, 1.54) is 79.7 Å². The Morgan fingerprint density at radius 1 is 0.641 bits per heavy atom. The Morgan fingerprint density at radius 3 is 1.64 bits per heavy atom. The molecule has 0 aromatic heterocycles. The van der Waals surface area contributed by atoms with E-state index in [1.807, 2.05) is 0 Å². The lowest BCUT2D eigenvalue weighted by Gasteiger charge is -2.11. The average Bonchev–Trinajstić information content (AvgIpc) is 3.14. The Morgan fingerprint density at radius 2 is 1.13 bits per heavy atom. The lowest BCUT2D eigenvalue weighted by atomic mass is 10.1. The Hall–Kier alpha value is -4.68. The van der Waals surface area contributed by atoms with Crippen LogP contribution in [0.3, 0.4) is 0 Å². The molecule has 0 saturated carbocycles. The van der Waals surface area contributed by atoms with Gasteiger partial charge in [-0.2, -0.15) is 0 Å². The molecule has 0 unspecified atom stereocenters. The second-order valence-electron chi connectivity index (χ2n) is 8.77. The number of aromatic hydroxyl groups is 1. The molecule has 0 fully saturated rings. The van der Waals surface area contributed by atoms with E-state index in [4.69, 9.17) is 0 Å². The maximum atomic E-state index is 13.3. The first-order chi connectivity index (χ1) is 18.4. The van der Waals surface area contributed by atoms with E-state index in [0.29, 0.717) is 16.8 Å². The van der Waals surface area contributed by atoms with Crippen molar-refractivity contribution < 1.29 is 31.5 Å². The summed E-state index contributed by atoms with van der Waals surface area (Å²) in [6.07, 6.45) is 0. The van der Waals surface area contributed by atoms with Crippen LogP contribution in [0.25, 0.3) is 11.1 Å². The topological polar surface area (TPSA) is 159 Å². The molecule has 0 atom stereocenters. The zero-order valence-electron chi connectivity index (χ0n) is 20.3. The van der Waals surface area contributed by atoms with Crippen LogP contribution in [0, 0.1) is 0 Å². The largest absolute Gasteiger partial charge is 0.508 e. The second kappa shape index (κ2) is 9.57. The highest BCUT2D eigenvalue weighted by atomic mass is 32.2. The summed E-state index contributed by atoms with van der Waals surface area (Å²) in [6, 6.07) is 19.9. The maximum Gasteiger partial charge on any atom is 0.261 e. The van der Waals surface area contributed by atoms with Gasteiger partial charge in [0.05, 0.1) is 21.2 Å². The fraction of sp³-hybridized carbons (Fsp3) is 0.0370. The molecule has 0 radical (unpaired) electrons. The highest BCUT2D eigenvalue weighted by Crippen LogP contribution is 2.39. The number of rotatable bonds is 7. The highest BCUT2D eigenvalue weighted by Gasteiger charge is 2.30. The minimum Gasteiger partial charge on any atom is -0.508 e. The average molecular weight is 564 g/mol. The van der Waals surface area contributed by atoms with Crippen molar-refractivity contribution >= 4 is 48.8 Å². The van der Waals surface area contributed by atoms with Gasteiger partial charge in [-0.15, -0.1) is 0 Å². The van der Waals surface area contributed by atoms with Gasteiger partial charge in [0.15, 0.2) is 5.78 Å². The van der Waals surface area contributed by atoms with E-state index in [1.54, 1.807) is 12.1 Å². The lowest BCUT2D eigenvalue weighted by Crippen LogP contribution is -2.14. The number of phenolic OH excluding ortho intramolecular Hbond substituents is 1. The van der Waals surface area contributed by atoms with Crippen LogP contribution in [0.2, 0.25) is 0 Å². The SMILES string of the molecule is CC(=O)Nc1cccc(NS(=O)(=O)c2ccc3c(c2)C(=O)c2cc(S(=O)(=O)Nc4cccc(O)c4)ccc2-3)c1. The molecule has 5 rings (SSSR count). The summed E-state index contributed by atoms with van der Waals surface area (Å²) in [5.74, 6) is -0.938. The Balaban J connectivity index is 1.43. The van der Waals surface area contributed by atoms with Crippen LogP contribution in [0.5, 0.6) is 5.75 Å². The van der Waals surface area contributed by atoms with Gasteiger partial charge in [-0.1, -0.05) is 24.3 Å². The number of anilines is 3. The van der Waals surface area contributed by atoms with Crippen molar-refractivity contribution in [3.63, 3.8) is 0 Å². The number of hydrogen-bond acceptors (Lipinski definition) is 7. The molecule has 4 aromatic carbocycles. The van der Waals surface area contributed by atoms with Gasteiger partial charge in [0.1, 0.15) is 5.75 Å². The summed E-state index contributed by atoms with van der Waals surface area (Å²) in [7, 11) is -8.19. The van der Waals surface area contributed by atoms with E-state index < -0.39 is 25.8 Å². The van der Waals surface area contributed by atoms with Crippen LogP contribution in [0.15, 0.2) is 94.7 Å². The van der Waals surface area contributed by atoms with Gasteiger partial charge in [-0.25, -0.2) is 16.8 Å². The zero-order valence-corrected chi connectivity index (χ0v) is 21.9. The van der Waals surface area contributed by atoms with E-state index in [9.17, 15) is 31.5 Å². The third-order valence-electron chi connectivity index (χ3n) is 5.92. The fourth-order valence-corrected chi connectivity index (χ4v) is 6.38. The van der Waals surface area contributed by atoms with Gasteiger partial charge in [0.2, 0.25) is 5.91 Å². The van der Waals surface area contributed by atoms with Gasteiger partial charge in [-0.05, 0) is 65.7 Å². The monoisotopic (exact) mass is 563 g/mol. The van der Waals surface area contributed by atoms with Crippen LogP contribution in [-0.4, -0.2) is 33.6 Å². The number of nitrogens with one attached hydrogen (secondary N) is 3. The smallest absolute Gasteiger partial charge is 0.261 e. The Labute approximate surface area is 224 Å². The number of carbonyl (C=O) groups excluding carboxylic acids is 2. The second-order valence-corrected chi connectivity index (χ2v) is 12.1. The molecule has 0 aliphatic heterocycles. The first kappa shape index (κ1) is 25.9. The molecular weight excluding hydrogens is 542 g/mol. The minimum absolute atomic E-state index is 0.115. The molecule has 0 saturated heterocycles. The van der Waals surface area contributed by atoms with Crippen LogP contribution >= 0.6 is 0 Å². The summed E-state index contributed by atoms with van der Waals surface area (Å²) in [4.78, 5) is 24.2. The standard InChI is InChI=1S/C27H21N3O7S2/c1-16(31)28-17-4-2-5-18(12-17)29-38(34,35)21-8-10-23-24-11-9-22(15-26(24)27(33)25(23)14-21)39(36,37)30-19-6-3-7-20(32)13-19/h2-15,29-30,32H,1H3,(H,28,31). The number of phenols is 1. The number of ketones is 1. The van der Waals surface area contributed by atoms with Gasteiger partial charge in [-0.3, -0.25) is 19.0 Å². The predicted molar refractivity (Wildman–Crippen MR) is 146 cm³/mol. The van der Waals surface area contributed by atoms with E-state index in [0.717, 1.165) is 0 Å². The third kappa shape index (κ3) is 5.19. The molecule has 4 N–H and O–H groups in total. The van der Waals surface area contributed by atoms with Crippen LogP contribution in [0.1, 0.15) is 22.8 Å². The molecule has 10 nitrogen and oxygen atoms in total. The van der Waals surface area contributed by atoms with Gasteiger partial charge >= 0.3 is 0 Å². The van der Waals surface area contributed by atoms with Gasteiger partial charge in [0, 0.05) is 29.8 Å². The zero-order chi connectivity index (χ0) is 27.9. The molecular formula is C27H21N3O7S2. The minimum atomic E-state index is -4.10. The molecule has 39 heavy (non-hydrogen) atoms. The van der Waals surface area contributed by atoms with Gasteiger partial charge < -0.3 is 10.4 Å². The van der Waals surface area contributed by atoms with Crippen molar-refractivity contribution in [1.82, 2.24) is 0 Å². The molecule has 198 valence electrons. The predicted octanol–water partition coefficient (Wildman–Crippen LogP) is 4.16. The summed E-state index contributed by atoms with van der Waals surface area (Å²) in [6.45, 7) is 1.33. The summed E-state index contributed by atoms with van der Waals surface area (Å²) < 4.78 is 56.8. The number of sulfonamides is 2. The molecule has 1 aliphatic carbocycles. The van der Waals surface area contributed by atoms with E-state index in [-0.39, 0.29) is 43.9 Å². The first-order valence-electron chi connectivity index (χ1n) is 11.5. The van der Waals surface area contributed by atoms with Crippen molar-refractivity contribution in [2.24, 2.45) is 0 Å². The highest BCUT2D eigenvalue weighted by molar-refractivity contribution is 7.93. The van der Waals surface area contributed by atoms with Crippen molar-refractivity contribution in [3.8, 4) is 16.9 Å². The Kier molecular flexibility index (Phi) is 6.36. The van der Waals surface area contributed by atoms with Crippen LogP contribution in [-0.2, 0) is 24.8 Å². The summed E-state index contributed by atoms with van der Waals surface area (Å²) in [5.41, 5.74) is 1.97. The third-order valence-corrected chi connectivity index (χ3v) is 8.67. The van der Waals surface area contributed by atoms with Crippen molar-refractivity contribution in [1.29, 1.82) is 0 Å². The number of amides is 1. The van der Waals surface area contributed by atoms with Crippen molar-refractivity contribution in [3.05, 3.63) is 96.1 Å². The van der Waals surface area contributed by atoms with E-state index in [2.05, 4.69) is 14.8 Å². The normalized spacial score (nSPS) is 12.4. The molecule has 0 bridgehead atoms. The van der Waals surface area contributed by atoms with Crippen LogP contribution in [0.4, 0.5) is 17.1 Å². The number of hydrogen-bond donors (Lipinski definition) is 4. The van der Waals surface area contributed by atoms with Crippen LogP contribution < -0.4 is 14.8 Å². The first-order valence-corrected chi connectivity index (χ1v) is 14.5.